The number of phenols is 1. The van der Waals surface area contributed by atoms with E-state index in [-0.39, 0.29) is 49.4 Å². The molecule has 1 unspecified atom stereocenters. The third-order valence-electron chi connectivity index (χ3n) is 7.49. The molecule has 2 aliphatic rings. The van der Waals surface area contributed by atoms with E-state index in [2.05, 4.69) is 19.6 Å². The van der Waals surface area contributed by atoms with Crippen molar-refractivity contribution >= 4 is 13.8 Å². The average Bonchev–Trinajstić information content (AvgIpc) is 2.84. The van der Waals surface area contributed by atoms with Crippen LogP contribution in [0.3, 0.4) is 0 Å². The summed E-state index contributed by atoms with van der Waals surface area (Å²) in [5.41, 5.74) is 1.83. The van der Waals surface area contributed by atoms with E-state index in [1.54, 1.807) is 12.1 Å². The Balaban J connectivity index is 2.02. The zero-order valence-electron chi connectivity index (χ0n) is 23.1. The summed E-state index contributed by atoms with van der Waals surface area (Å²) in [5.74, 6) is -0.672. The number of hydrogen-bond donors (Lipinski definition) is 1. The van der Waals surface area contributed by atoms with Gasteiger partial charge in [0.15, 0.2) is 5.60 Å². The summed E-state index contributed by atoms with van der Waals surface area (Å²) in [7, 11) is -3.38. The topological polar surface area (TPSA) is 114 Å². The van der Waals surface area contributed by atoms with Gasteiger partial charge in [0.1, 0.15) is 11.5 Å². The first-order valence-electron chi connectivity index (χ1n) is 13.6. The van der Waals surface area contributed by atoms with Crippen LogP contribution >= 0.6 is 7.82 Å². The van der Waals surface area contributed by atoms with Gasteiger partial charge in [0.2, 0.25) is 0 Å². The largest absolute Gasteiger partial charge is 0.756 e. The van der Waals surface area contributed by atoms with Crippen LogP contribution < -0.4 is 9.63 Å². The molecular weight excluding hydrogens is 507 g/mol. The van der Waals surface area contributed by atoms with Crippen molar-refractivity contribution in [3.63, 3.8) is 0 Å². The molecule has 2 aliphatic carbocycles. The van der Waals surface area contributed by atoms with Gasteiger partial charge in [0.25, 0.3) is 7.82 Å². The van der Waals surface area contributed by atoms with Crippen molar-refractivity contribution in [3.05, 3.63) is 47.1 Å². The van der Waals surface area contributed by atoms with Crippen LogP contribution in [0, 0.1) is 5.92 Å². The fourth-order valence-corrected chi connectivity index (χ4v) is 6.58. The monoisotopic (exact) mass is 549 g/mol. The minimum absolute atomic E-state index is 0.0527. The Bertz CT molecular complexity index is 1070. The van der Waals surface area contributed by atoms with Crippen molar-refractivity contribution in [3.8, 4) is 11.5 Å². The van der Waals surface area contributed by atoms with E-state index in [1.165, 1.54) is 12.7 Å². The molecule has 1 fully saturated rings. The minimum atomic E-state index is -4.82. The van der Waals surface area contributed by atoms with Crippen molar-refractivity contribution < 1.29 is 37.9 Å². The molecule has 38 heavy (non-hydrogen) atoms. The maximum Gasteiger partial charge on any atom is 0.344 e. The highest BCUT2D eigenvalue weighted by atomic mass is 31.2. The average molecular weight is 550 g/mol. The van der Waals surface area contributed by atoms with Gasteiger partial charge in [-0.25, -0.2) is 4.79 Å². The lowest BCUT2D eigenvalue weighted by Crippen LogP contribution is -2.46. The van der Waals surface area contributed by atoms with Crippen LogP contribution in [-0.4, -0.2) is 37.0 Å². The van der Waals surface area contributed by atoms with Crippen LogP contribution in [-0.2, 0) is 29.6 Å². The molecule has 8 nitrogen and oxygen atoms in total. The molecule has 1 N–H and O–H groups in total. The Morgan fingerprint density at radius 3 is 2.58 bits per heavy atom. The quantitative estimate of drug-likeness (QED) is 0.109. The molecule has 212 valence electrons. The molecule has 3 rings (SSSR count). The number of phosphoric ester groups is 1. The molecule has 1 saturated carbocycles. The summed E-state index contributed by atoms with van der Waals surface area (Å²) >= 11 is 0. The number of hydrogen-bond acceptors (Lipinski definition) is 8. The number of allylic oxidation sites excluding steroid dienone is 3. The van der Waals surface area contributed by atoms with Gasteiger partial charge in [0.05, 0.1) is 13.2 Å². The number of rotatable bonds is 12. The Hall–Kier alpha value is -1.96. The molecule has 0 amide bonds. The first-order chi connectivity index (χ1) is 18.0. The molecular formula is C29H42O8P-. The van der Waals surface area contributed by atoms with Gasteiger partial charge in [-0.1, -0.05) is 43.6 Å². The summed E-state index contributed by atoms with van der Waals surface area (Å²) < 4.78 is 33.9. The number of phosphoric acid groups is 1. The molecule has 9 heteroatoms. The highest BCUT2D eigenvalue weighted by Gasteiger charge is 2.46. The first kappa shape index (κ1) is 30.6. The normalized spacial score (nSPS) is 22.8. The van der Waals surface area contributed by atoms with Crippen LogP contribution in [0.25, 0.3) is 0 Å². The van der Waals surface area contributed by atoms with E-state index in [1.807, 2.05) is 13.8 Å². The van der Waals surface area contributed by atoms with Gasteiger partial charge >= 0.3 is 5.97 Å². The molecule has 3 atom stereocenters. The van der Waals surface area contributed by atoms with Crippen LogP contribution in [0.15, 0.2) is 35.9 Å². The van der Waals surface area contributed by atoms with Crippen LogP contribution in [0.5, 0.6) is 11.5 Å². The number of aromatic hydroxyl groups is 1. The standard InChI is InChI=1S/C29H43O8P/c1-6-10-22-18-25(30)27(24-17-21(4)11-12-23(24)20(2)3)26(19-22)36-28(31)29(13-8-7-9-14-29)37-38(32,33)35-16-15-34-5/h17-19,23-24,30H,2,6-16H2,1,3-5H3,(H,32,33)/p-1/t23-,24+/m0/s1. The fraction of sp³-hybridized carbons (Fsp3) is 0.621. The van der Waals surface area contributed by atoms with Gasteiger partial charge in [-0.15, -0.1) is 0 Å². The van der Waals surface area contributed by atoms with Crippen molar-refractivity contribution in [2.45, 2.75) is 90.1 Å². The van der Waals surface area contributed by atoms with Crippen LogP contribution in [0.4, 0.5) is 0 Å². The molecule has 0 aliphatic heterocycles. The predicted molar refractivity (Wildman–Crippen MR) is 144 cm³/mol. The van der Waals surface area contributed by atoms with E-state index in [9.17, 15) is 19.4 Å². The van der Waals surface area contributed by atoms with Crippen molar-refractivity contribution in [1.29, 1.82) is 0 Å². The second-order valence-corrected chi connectivity index (χ2v) is 12.0. The highest BCUT2D eigenvalue weighted by Crippen LogP contribution is 2.50. The van der Waals surface area contributed by atoms with E-state index >= 15 is 0 Å². The summed E-state index contributed by atoms with van der Waals surface area (Å²) in [5, 5.41) is 11.2. The van der Waals surface area contributed by atoms with E-state index < -0.39 is 19.4 Å². The first-order valence-corrected chi connectivity index (χ1v) is 15.0. The smallest absolute Gasteiger partial charge is 0.344 e. The molecule has 0 bridgehead atoms. The Kier molecular flexibility index (Phi) is 10.8. The predicted octanol–water partition coefficient (Wildman–Crippen LogP) is 6.12. The lowest BCUT2D eigenvalue weighted by atomic mass is 9.73. The Labute approximate surface area is 226 Å². The number of methoxy groups -OCH3 is 1. The molecule has 0 heterocycles. The maximum atomic E-state index is 13.8. The molecule has 0 spiro atoms. The molecule has 0 radical (unpaired) electrons. The van der Waals surface area contributed by atoms with Gasteiger partial charge in [0, 0.05) is 18.6 Å². The number of carbonyl (C=O) groups excluding carboxylic acids is 1. The zero-order valence-corrected chi connectivity index (χ0v) is 24.0. The number of carbonyl (C=O) groups is 1. The molecule has 1 aromatic carbocycles. The van der Waals surface area contributed by atoms with Gasteiger partial charge < -0.3 is 24.0 Å². The zero-order chi connectivity index (χ0) is 27.9. The maximum absolute atomic E-state index is 13.8. The third kappa shape index (κ3) is 7.57. The minimum Gasteiger partial charge on any atom is -0.756 e. The lowest BCUT2D eigenvalue weighted by Gasteiger charge is -2.39. The Morgan fingerprint density at radius 2 is 1.95 bits per heavy atom. The summed E-state index contributed by atoms with van der Waals surface area (Å²) in [4.78, 5) is 26.5. The van der Waals surface area contributed by atoms with Gasteiger partial charge in [-0.2, -0.15) is 0 Å². The van der Waals surface area contributed by atoms with Crippen molar-refractivity contribution in [1.82, 2.24) is 0 Å². The highest BCUT2D eigenvalue weighted by molar-refractivity contribution is 7.46. The molecule has 0 aromatic heterocycles. The van der Waals surface area contributed by atoms with E-state index in [4.69, 9.17) is 18.5 Å². The molecule has 1 aromatic rings. The lowest BCUT2D eigenvalue weighted by molar-refractivity contribution is -0.240. The number of esters is 1. The van der Waals surface area contributed by atoms with Gasteiger partial charge in [-0.3, -0.25) is 9.09 Å². The van der Waals surface area contributed by atoms with Crippen LogP contribution in [0.1, 0.15) is 89.2 Å². The number of ether oxygens (including phenoxy) is 2. The van der Waals surface area contributed by atoms with Gasteiger partial charge in [-0.05, 0) is 82.4 Å². The summed E-state index contributed by atoms with van der Waals surface area (Å²) in [6, 6.07) is 3.51. The van der Waals surface area contributed by atoms with Crippen molar-refractivity contribution in [2.24, 2.45) is 5.92 Å². The van der Waals surface area contributed by atoms with Crippen LogP contribution in [0.2, 0.25) is 0 Å². The van der Waals surface area contributed by atoms with E-state index in [0.29, 0.717) is 24.8 Å². The number of aryl methyl sites for hydroxylation is 1. The van der Waals surface area contributed by atoms with E-state index in [0.717, 1.165) is 36.8 Å². The SMILES string of the molecule is C=C(C)[C@@H]1CCC(C)=C[C@H]1c1c(O)cc(CCC)cc1OC(=O)C1(OP(=O)([O-])OCCOC)CCCCC1. The second-order valence-electron chi connectivity index (χ2n) is 10.6. The molecule has 0 saturated heterocycles. The summed E-state index contributed by atoms with van der Waals surface area (Å²) in [6.45, 7) is 10.1. The van der Waals surface area contributed by atoms with Crippen molar-refractivity contribution in [2.75, 3.05) is 20.3 Å². The number of phenolic OH excluding ortho intramolecular Hbond substituents is 1. The second kappa shape index (κ2) is 13.4. The fourth-order valence-electron chi connectivity index (χ4n) is 5.55. The summed E-state index contributed by atoms with van der Waals surface area (Å²) in [6.07, 6.45) is 7.91. The third-order valence-corrected chi connectivity index (χ3v) is 8.56. The Morgan fingerprint density at radius 1 is 1.24 bits per heavy atom. The number of benzene rings is 1.